The fourth-order valence-electron chi connectivity index (χ4n) is 4.69. The van der Waals surface area contributed by atoms with Gasteiger partial charge in [-0.3, -0.25) is 14.6 Å². The van der Waals surface area contributed by atoms with Crippen molar-refractivity contribution in [3.05, 3.63) is 11.6 Å². The summed E-state index contributed by atoms with van der Waals surface area (Å²) >= 11 is 0. The predicted octanol–water partition coefficient (Wildman–Crippen LogP) is 1.19. The molecule has 0 aromatic heterocycles. The number of amides is 3. The molecule has 4 aliphatic rings. The number of carbonyl (C=O) groups excluding carboxylic acids is 2. The lowest BCUT2D eigenvalue weighted by atomic mass is 9.96. The van der Waals surface area contributed by atoms with Crippen molar-refractivity contribution in [3.63, 3.8) is 0 Å². The molecule has 3 atom stereocenters. The summed E-state index contributed by atoms with van der Waals surface area (Å²) in [5, 5.41) is 0. The van der Waals surface area contributed by atoms with Gasteiger partial charge < -0.3 is 15.5 Å². The first kappa shape index (κ1) is 19.2. The van der Waals surface area contributed by atoms with Gasteiger partial charge in [0.1, 0.15) is 0 Å². The van der Waals surface area contributed by atoms with Crippen LogP contribution in [-0.4, -0.2) is 88.0 Å². The number of nitrogens with two attached hydrogens (primary N) is 1. The van der Waals surface area contributed by atoms with E-state index in [1.807, 2.05) is 11.8 Å². The molecular weight excluding hydrogens is 356 g/mol. The van der Waals surface area contributed by atoms with Crippen LogP contribution >= 0.6 is 0 Å². The number of carbonyl (C=O) groups is 2. The van der Waals surface area contributed by atoms with E-state index in [4.69, 9.17) is 10.7 Å². The lowest BCUT2D eigenvalue weighted by molar-refractivity contribution is -0.140. The number of imide groups is 1. The molecule has 2 N–H and O–H groups in total. The summed E-state index contributed by atoms with van der Waals surface area (Å²) in [6.45, 7) is 8.26. The van der Waals surface area contributed by atoms with Gasteiger partial charge in [0, 0.05) is 38.8 Å². The molecule has 3 heterocycles. The van der Waals surface area contributed by atoms with Crippen molar-refractivity contribution in [1.29, 1.82) is 0 Å². The Morgan fingerprint density at radius 3 is 2.61 bits per heavy atom. The highest BCUT2D eigenvalue weighted by Gasteiger charge is 2.63. The van der Waals surface area contributed by atoms with Crippen LogP contribution in [0, 0.1) is 0 Å². The van der Waals surface area contributed by atoms with E-state index in [0.29, 0.717) is 6.54 Å². The minimum absolute atomic E-state index is 0.108. The SMILES string of the molecule is CC(C)=CCN1C(N2CCCC(N)C2)=NC2(C)C1C(=O)N(C)C(=O)N2C1CC1. The zero-order chi connectivity index (χ0) is 20.2. The summed E-state index contributed by atoms with van der Waals surface area (Å²) in [6.07, 6.45) is 6.09. The second-order valence-electron chi connectivity index (χ2n) is 8.97. The van der Waals surface area contributed by atoms with Gasteiger partial charge in [0.2, 0.25) is 0 Å². The van der Waals surface area contributed by atoms with Crippen LogP contribution in [0.3, 0.4) is 0 Å². The molecule has 28 heavy (non-hydrogen) atoms. The Morgan fingerprint density at radius 2 is 2.00 bits per heavy atom. The third-order valence-corrected chi connectivity index (χ3v) is 6.31. The van der Waals surface area contributed by atoms with E-state index in [0.717, 1.165) is 44.7 Å². The number of fused-ring (bicyclic) bond motifs is 1. The number of piperidine rings is 1. The van der Waals surface area contributed by atoms with Crippen LogP contribution in [0.4, 0.5) is 4.79 Å². The lowest BCUT2D eigenvalue weighted by Gasteiger charge is -2.48. The quantitative estimate of drug-likeness (QED) is 0.734. The van der Waals surface area contributed by atoms with Gasteiger partial charge in [-0.1, -0.05) is 11.6 Å². The molecule has 3 aliphatic heterocycles. The molecule has 0 radical (unpaired) electrons. The number of hydrogen-bond donors (Lipinski definition) is 1. The molecule has 3 unspecified atom stereocenters. The molecule has 1 saturated carbocycles. The van der Waals surface area contributed by atoms with Crippen LogP contribution in [0.5, 0.6) is 0 Å². The van der Waals surface area contributed by atoms with Gasteiger partial charge in [0.05, 0.1) is 0 Å². The topological polar surface area (TPSA) is 85.5 Å². The van der Waals surface area contributed by atoms with Crippen LogP contribution in [0.2, 0.25) is 0 Å². The summed E-state index contributed by atoms with van der Waals surface area (Å²) in [5.74, 6) is 0.633. The third-order valence-electron chi connectivity index (χ3n) is 6.31. The maximum Gasteiger partial charge on any atom is 0.328 e. The number of hydrogen-bond acceptors (Lipinski definition) is 6. The van der Waals surface area contributed by atoms with Crippen LogP contribution < -0.4 is 5.73 Å². The van der Waals surface area contributed by atoms with Gasteiger partial charge in [-0.15, -0.1) is 0 Å². The average molecular weight is 389 g/mol. The molecule has 2 saturated heterocycles. The van der Waals surface area contributed by atoms with Crippen molar-refractivity contribution in [3.8, 4) is 0 Å². The van der Waals surface area contributed by atoms with E-state index in [9.17, 15) is 9.59 Å². The zero-order valence-electron chi connectivity index (χ0n) is 17.4. The minimum atomic E-state index is -0.867. The highest BCUT2D eigenvalue weighted by atomic mass is 16.2. The standard InChI is InChI=1S/C20H32N6O2/c1-13(2)9-11-25-16-17(27)23(4)19(28)26(15-7-8-15)20(16,3)22-18(25)24-10-5-6-14(21)12-24/h9,14-16H,5-8,10-12,21H2,1-4H3. The number of nitrogens with zero attached hydrogens (tertiary/aromatic N) is 5. The van der Waals surface area contributed by atoms with Crippen molar-refractivity contribution >= 4 is 17.9 Å². The van der Waals surface area contributed by atoms with Crippen molar-refractivity contribution in [2.24, 2.45) is 10.7 Å². The number of aliphatic imine (C=N–C) groups is 1. The van der Waals surface area contributed by atoms with E-state index in [1.165, 1.54) is 10.5 Å². The number of guanidine groups is 1. The second kappa shape index (κ2) is 6.76. The average Bonchev–Trinajstić information content (AvgIpc) is 3.41. The number of likely N-dealkylation sites (tertiary alicyclic amines) is 1. The summed E-state index contributed by atoms with van der Waals surface area (Å²) in [6, 6.07) is -0.447. The number of rotatable bonds is 3. The van der Waals surface area contributed by atoms with E-state index in [1.54, 1.807) is 7.05 Å². The predicted molar refractivity (Wildman–Crippen MR) is 108 cm³/mol. The molecule has 3 amide bonds. The first-order valence-electron chi connectivity index (χ1n) is 10.3. The minimum Gasteiger partial charge on any atom is -0.341 e. The van der Waals surface area contributed by atoms with Crippen molar-refractivity contribution in [2.45, 2.75) is 70.2 Å². The molecule has 8 nitrogen and oxygen atoms in total. The molecule has 1 aliphatic carbocycles. The normalized spacial score (nSPS) is 33.2. The number of urea groups is 1. The largest absolute Gasteiger partial charge is 0.341 e. The van der Waals surface area contributed by atoms with Gasteiger partial charge in [0.15, 0.2) is 17.7 Å². The van der Waals surface area contributed by atoms with E-state index >= 15 is 0 Å². The van der Waals surface area contributed by atoms with E-state index in [2.05, 4.69) is 29.7 Å². The van der Waals surface area contributed by atoms with Gasteiger partial charge in [-0.25, -0.2) is 9.79 Å². The maximum atomic E-state index is 13.3. The van der Waals surface area contributed by atoms with Crippen molar-refractivity contribution < 1.29 is 9.59 Å². The smallest absolute Gasteiger partial charge is 0.328 e. The molecule has 4 rings (SSSR count). The summed E-state index contributed by atoms with van der Waals surface area (Å²) in [4.78, 5) is 38.7. The van der Waals surface area contributed by atoms with E-state index in [-0.39, 0.29) is 24.0 Å². The zero-order valence-corrected chi connectivity index (χ0v) is 17.4. The Balaban J connectivity index is 1.77. The lowest BCUT2D eigenvalue weighted by Crippen LogP contribution is -2.71. The van der Waals surface area contributed by atoms with Gasteiger partial charge in [0.25, 0.3) is 5.91 Å². The molecule has 0 spiro atoms. The van der Waals surface area contributed by atoms with Crippen molar-refractivity contribution in [2.75, 3.05) is 26.7 Å². The number of likely N-dealkylation sites (N-methyl/N-ethyl adjacent to an activating group) is 1. The first-order chi connectivity index (χ1) is 13.2. The fourth-order valence-corrected chi connectivity index (χ4v) is 4.69. The Labute approximate surface area is 167 Å². The van der Waals surface area contributed by atoms with Crippen LogP contribution in [0.1, 0.15) is 46.5 Å². The molecule has 0 aromatic carbocycles. The van der Waals surface area contributed by atoms with Crippen LogP contribution in [0.15, 0.2) is 16.6 Å². The fraction of sp³-hybridized carbons (Fsp3) is 0.750. The monoisotopic (exact) mass is 388 g/mol. The van der Waals surface area contributed by atoms with E-state index < -0.39 is 11.7 Å². The number of allylic oxidation sites excluding steroid dienone is 1. The molecular formula is C20H32N6O2. The molecule has 0 bridgehead atoms. The Bertz CT molecular complexity index is 741. The highest BCUT2D eigenvalue weighted by molar-refractivity contribution is 6.04. The highest BCUT2D eigenvalue weighted by Crippen LogP contribution is 2.44. The Morgan fingerprint density at radius 1 is 1.29 bits per heavy atom. The molecule has 154 valence electrons. The molecule has 8 heteroatoms. The van der Waals surface area contributed by atoms with Crippen LogP contribution in [0.25, 0.3) is 0 Å². The van der Waals surface area contributed by atoms with Gasteiger partial charge in [-0.2, -0.15) is 0 Å². The Kier molecular flexibility index (Phi) is 4.64. The first-order valence-corrected chi connectivity index (χ1v) is 10.3. The van der Waals surface area contributed by atoms with Crippen molar-refractivity contribution in [1.82, 2.24) is 19.6 Å². The molecule has 0 aromatic rings. The maximum absolute atomic E-state index is 13.3. The third kappa shape index (κ3) is 2.98. The Hall–Kier alpha value is -2.09. The van der Waals surface area contributed by atoms with Crippen LogP contribution in [-0.2, 0) is 4.79 Å². The van der Waals surface area contributed by atoms with Gasteiger partial charge >= 0.3 is 6.03 Å². The summed E-state index contributed by atoms with van der Waals surface area (Å²) in [7, 11) is 1.59. The summed E-state index contributed by atoms with van der Waals surface area (Å²) in [5.41, 5.74) is 6.55. The second-order valence-corrected chi connectivity index (χ2v) is 8.97. The molecule has 3 fully saturated rings. The van der Waals surface area contributed by atoms with Gasteiger partial charge in [-0.05, 0) is 46.5 Å². The summed E-state index contributed by atoms with van der Waals surface area (Å²) < 4.78 is 0.